The zero-order valence-corrected chi connectivity index (χ0v) is 23.1. The highest BCUT2D eigenvalue weighted by molar-refractivity contribution is 5.54. The van der Waals surface area contributed by atoms with Crippen LogP contribution in [0, 0.1) is 64.1 Å². The van der Waals surface area contributed by atoms with Crippen molar-refractivity contribution in [3.8, 4) is 12.8 Å². The number of aldehydes is 1. The van der Waals surface area contributed by atoms with Crippen LogP contribution in [0.5, 0.6) is 0 Å². The average molecular weight is 479 g/mol. The molecule has 5 aliphatic rings. The Balaban J connectivity index is 0.000000815. The molecule has 0 radical (unpaired) electrons. The van der Waals surface area contributed by atoms with Crippen LogP contribution in [-0.4, -0.2) is 17.5 Å². The van der Waals surface area contributed by atoms with E-state index in [-0.39, 0.29) is 28.3 Å². The minimum atomic E-state index is -0.184. The SMILES string of the molecule is C#C.C=C.C=C1C=C2C3CC(C=O)CCC3(C)CCC2C2(C)CCC3C(C)(C)C(O)CCC3(C)C12. The number of hydrogen-bond donors (Lipinski definition) is 1. The molecule has 9 unspecified atom stereocenters. The minimum Gasteiger partial charge on any atom is -0.393 e. The molecular formula is C33H50O2. The van der Waals surface area contributed by atoms with E-state index in [1.165, 1.54) is 44.0 Å². The first-order chi connectivity index (χ1) is 16.5. The zero-order chi connectivity index (χ0) is 26.4. The normalized spacial score (nSPS) is 47.4. The van der Waals surface area contributed by atoms with Gasteiger partial charge in [-0.05, 0) is 103 Å². The van der Waals surface area contributed by atoms with Crippen molar-refractivity contribution in [1.82, 2.24) is 0 Å². The third-order valence-electron chi connectivity index (χ3n) is 11.8. The maximum atomic E-state index is 11.7. The van der Waals surface area contributed by atoms with E-state index in [2.05, 4.69) is 66.7 Å². The summed E-state index contributed by atoms with van der Waals surface area (Å²) in [5.41, 5.74) is 3.83. The van der Waals surface area contributed by atoms with Gasteiger partial charge in [-0.2, -0.15) is 0 Å². The largest absolute Gasteiger partial charge is 0.393 e. The zero-order valence-electron chi connectivity index (χ0n) is 23.1. The molecule has 4 saturated carbocycles. The third kappa shape index (κ3) is 4.01. The van der Waals surface area contributed by atoms with Crippen LogP contribution in [0.3, 0.4) is 0 Å². The Morgan fingerprint density at radius 2 is 1.51 bits per heavy atom. The number of aliphatic hydroxyl groups excluding tert-OH is 1. The topological polar surface area (TPSA) is 37.3 Å². The van der Waals surface area contributed by atoms with E-state index >= 15 is 0 Å². The van der Waals surface area contributed by atoms with Crippen molar-refractivity contribution < 1.29 is 9.90 Å². The van der Waals surface area contributed by atoms with Gasteiger partial charge >= 0.3 is 0 Å². The molecule has 9 atom stereocenters. The Hall–Kier alpha value is -1.59. The summed E-state index contributed by atoms with van der Waals surface area (Å²) >= 11 is 0. The van der Waals surface area contributed by atoms with Crippen LogP contribution in [-0.2, 0) is 4.79 Å². The molecule has 2 nitrogen and oxygen atoms in total. The number of terminal acetylenes is 1. The van der Waals surface area contributed by atoms with Gasteiger partial charge in [-0.25, -0.2) is 0 Å². The molecular weight excluding hydrogens is 428 g/mol. The number of hydrogen-bond acceptors (Lipinski definition) is 2. The lowest BCUT2D eigenvalue weighted by Gasteiger charge is -2.68. The average Bonchev–Trinajstić information content (AvgIpc) is 2.83. The van der Waals surface area contributed by atoms with Gasteiger partial charge in [0.25, 0.3) is 0 Å². The molecule has 0 aromatic rings. The molecule has 0 heterocycles. The molecule has 1 N–H and O–H groups in total. The molecule has 0 spiro atoms. The summed E-state index contributed by atoms with van der Waals surface area (Å²) in [4.78, 5) is 11.7. The van der Waals surface area contributed by atoms with Crippen molar-refractivity contribution in [3.05, 3.63) is 37.0 Å². The number of carbonyl (C=O) groups is 1. The summed E-state index contributed by atoms with van der Waals surface area (Å²) in [5.74, 6) is 2.50. The van der Waals surface area contributed by atoms with E-state index in [0.717, 1.165) is 25.7 Å². The van der Waals surface area contributed by atoms with E-state index < -0.39 is 0 Å². The second-order valence-electron chi connectivity index (χ2n) is 13.6. The highest BCUT2D eigenvalue weighted by Crippen LogP contribution is 2.72. The Bertz CT molecular complexity index is 879. The fraction of sp³-hybridized carbons (Fsp3) is 0.727. The van der Waals surface area contributed by atoms with Gasteiger partial charge in [-0.3, -0.25) is 0 Å². The summed E-state index contributed by atoms with van der Waals surface area (Å²) in [6.07, 6.45) is 22.0. The van der Waals surface area contributed by atoms with Crippen LogP contribution in [0.15, 0.2) is 37.0 Å². The van der Waals surface area contributed by atoms with E-state index in [4.69, 9.17) is 6.58 Å². The maximum absolute atomic E-state index is 11.7. The van der Waals surface area contributed by atoms with Crippen LogP contribution in [0.25, 0.3) is 0 Å². The second-order valence-corrected chi connectivity index (χ2v) is 13.6. The fourth-order valence-electron chi connectivity index (χ4n) is 10.1. The van der Waals surface area contributed by atoms with Crippen molar-refractivity contribution >= 4 is 6.29 Å². The van der Waals surface area contributed by atoms with Gasteiger partial charge in [0.2, 0.25) is 0 Å². The summed E-state index contributed by atoms with van der Waals surface area (Å²) < 4.78 is 0. The highest BCUT2D eigenvalue weighted by Gasteiger charge is 2.65. The summed E-state index contributed by atoms with van der Waals surface area (Å²) in [7, 11) is 0. The standard InChI is InChI=1S/C29H44O2.C2H4.C2H2/c1-18-15-20-21(8-12-27(4)11-7-19(17-30)16-22(20)27)28(5)13-9-23-26(2,3)24(31)10-14-29(23,6)25(18)28;2*1-2/h15,17,19,21-25,31H,1,7-14,16H2,2-6H3;1-2H2;1-2H. The van der Waals surface area contributed by atoms with Crippen LogP contribution in [0.2, 0.25) is 0 Å². The van der Waals surface area contributed by atoms with Crippen LogP contribution in [0.1, 0.15) is 92.4 Å². The lowest BCUT2D eigenvalue weighted by molar-refractivity contribution is -0.173. The van der Waals surface area contributed by atoms with E-state index in [1.54, 1.807) is 5.57 Å². The molecule has 5 aliphatic carbocycles. The number of allylic oxidation sites excluding steroid dienone is 3. The molecule has 0 aromatic carbocycles. The monoisotopic (exact) mass is 478 g/mol. The van der Waals surface area contributed by atoms with Gasteiger partial charge in [0.05, 0.1) is 6.10 Å². The summed E-state index contributed by atoms with van der Waals surface area (Å²) in [6.45, 7) is 23.0. The number of rotatable bonds is 1. The maximum Gasteiger partial charge on any atom is 0.123 e. The molecule has 0 bridgehead atoms. The Morgan fingerprint density at radius 1 is 0.914 bits per heavy atom. The molecule has 0 aliphatic heterocycles. The van der Waals surface area contributed by atoms with Gasteiger partial charge in [-0.1, -0.05) is 58.4 Å². The number of carbonyl (C=O) groups excluding carboxylic acids is 1. The molecule has 194 valence electrons. The first-order valence-corrected chi connectivity index (χ1v) is 13.8. The molecule has 5 rings (SSSR count). The fourth-order valence-corrected chi connectivity index (χ4v) is 10.1. The first kappa shape index (κ1) is 28.0. The Morgan fingerprint density at radius 3 is 2.14 bits per heavy atom. The summed E-state index contributed by atoms with van der Waals surface area (Å²) in [5, 5.41) is 10.8. The number of fused-ring (bicyclic) bond motifs is 7. The lowest BCUT2D eigenvalue weighted by Crippen LogP contribution is -2.62. The van der Waals surface area contributed by atoms with Crippen molar-refractivity contribution in [2.45, 2.75) is 98.5 Å². The minimum absolute atomic E-state index is 0.0235. The molecule has 35 heavy (non-hydrogen) atoms. The first-order valence-electron chi connectivity index (χ1n) is 13.8. The molecule has 2 heteroatoms. The molecule has 0 saturated heterocycles. The molecule has 0 amide bonds. The van der Waals surface area contributed by atoms with Gasteiger partial charge in [0.15, 0.2) is 0 Å². The van der Waals surface area contributed by atoms with Crippen molar-refractivity contribution in [2.75, 3.05) is 0 Å². The van der Waals surface area contributed by atoms with Gasteiger partial charge in [0.1, 0.15) is 6.29 Å². The smallest absolute Gasteiger partial charge is 0.123 e. The quantitative estimate of drug-likeness (QED) is 0.237. The second kappa shape index (κ2) is 9.70. The summed E-state index contributed by atoms with van der Waals surface area (Å²) in [6, 6.07) is 0. The molecule has 0 aromatic heterocycles. The van der Waals surface area contributed by atoms with Crippen LogP contribution >= 0.6 is 0 Å². The van der Waals surface area contributed by atoms with Crippen molar-refractivity contribution in [3.63, 3.8) is 0 Å². The van der Waals surface area contributed by atoms with E-state index in [9.17, 15) is 9.90 Å². The number of aliphatic hydroxyl groups is 1. The van der Waals surface area contributed by atoms with E-state index in [0.29, 0.717) is 29.1 Å². The Kier molecular flexibility index (Phi) is 7.76. The third-order valence-corrected chi connectivity index (χ3v) is 11.8. The molecule has 4 fully saturated rings. The lowest BCUT2D eigenvalue weighted by atomic mass is 9.36. The van der Waals surface area contributed by atoms with Gasteiger partial charge in [0, 0.05) is 5.92 Å². The van der Waals surface area contributed by atoms with E-state index in [1.807, 2.05) is 0 Å². The predicted molar refractivity (Wildman–Crippen MR) is 148 cm³/mol. The van der Waals surface area contributed by atoms with Gasteiger partial charge < -0.3 is 9.90 Å². The van der Waals surface area contributed by atoms with Crippen LogP contribution in [0.4, 0.5) is 0 Å². The Labute approximate surface area is 215 Å². The predicted octanol–water partition coefficient (Wildman–Crippen LogP) is 7.79. The van der Waals surface area contributed by atoms with Crippen molar-refractivity contribution in [2.24, 2.45) is 51.2 Å². The van der Waals surface area contributed by atoms with Crippen LogP contribution < -0.4 is 0 Å². The van der Waals surface area contributed by atoms with Gasteiger partial charge in [-0.15, -0.1) is 26.0 Å². The highest BCUT2D eigenvalue weighted by atomic mass is 16.3. The van der Waals surface area contributed by atoms with Crippen molar-refractivity contribution in [1.29, 1.82) is 0 Å².